The van der Waals surface area contributed by atoms with Crippen LogP contribution in [0.25, 0.3) is 0 Å². The molecule has 2 aliphatic rings. The lowest BCUT2D eigenvalue weighted by Gasteiger charge is -2.32. The fourth-order valence-corrected chi connectivity index (χ4v) is 5.20. The smallest absolute Gasteiger partial charge is 0.240 e. The maximum atomic E-state index is 12.7. The van der Waals surface area contributed by atoms with Gasteiger partial charge < -0.3 is 9.64 Å². The molecule has 1 saturated heterocycles. The van der Waals surface area contributed by atoms with Crippen LogP contribution in [-0.4, -0.2) is 45.0 Å². The van der Waals surface area contributed by atoms with Crippen molar-refractivity contribution in [2.24, 2.45) is 5.92 Å². The van der Waals surface area contributed by atoms with Crippen LogP contribution < -0.4 is 9.46 Å². The van der Waals surface area contributed by atoms with Gasteiger partial charge in [-0.2, -0.15) is 0 Å². The molecule has 1 aliphatic heterocycles. The Balaban J connectivity index is 1.24. The zero-order valence-electron chi connectivity index (χ0n) is 17.7. The monoisotopic (exact) mass is 442 g/mol. The van der Waals surface area contributed by atoms with E-state index in [-0.39, 0.29) is 16.8 Å². The van der Waals surface area contributed by atoms with Crippen LogP contribution in [0.2, 0.25) is 0 Å². The summed E-state index contributed by atoms with van der Waals surface area (Å²) in [7, 11) is -3.43. The van der Waals surface area contributed by atoms with Crippen molar-refractivity contribution in [3.63, 3.8) is 0 Å². The topological polar surface area (TPSA) is 75.7 Å². The highest BCUT2D eigenvalue weighted by Crippen LogP contribution is 2.23. The van der Waals surface area contributed by atoms with Gasteiger partial charge in [-0.05, 0) is 61.9 Å². The van der Waals surface area contributed by atoms with Crippen LogP contribution in [0.4, 0.5) is 0 Å². The summed E-state index contributed by atoms with van der Waals surface area (Å²) in [6, 6.07) is 16.7. The molecule has 4 rings (SSSR count). The minimum Gasteiger partial charge on any atom is -0.493 e. The minimum atomic E-state index is -3.43. The molecule has 2 fully saturated rings. The third kappa shape index (κ3) is 6.31. The number of nitrogens with zero attached hydrogens (tertiary/aromatic N) is 1. The van der Waals surface area contributed by atoms with Crippen molar-refractivity contribution in [2.75, 3.05) is 19.7 Å². The van der Waals surface area contributed by atoms with Crippen LogP contribution in [0.5, 0.6) is 5.75 Å². The number of likely N-dealkylation sites (tertiary alicyclic amines) is 1. The van der Waals surface area contributed by atoms with Gasteiger partial charge in [-0.1, -0.05) is 30.3 Å². The van der Waals surface area contributed by atoms with Gasteiger partial charge >= 0.3 is 0 Å². The first-order valence-electron chi connectivity index (χ1n) is 11.1. The Kier molecular flexibility index (Phi) is 6.92. The summed E-state index contributed by atoms with van der Waals surface area (Å²) in [5.74, 6) is 1.36. The second-order valence-electron chi connectivity index (χ2n) is 8.51. The molecule has 0 radical (unpaired) electrons. The molecule has 7 heteroatoms. The number of piperidine rings is 1. The van der Waals surface area contributed by atoms with Crippen molar-refractivity contribution in [2.45, 2.75) is 49.5 Å². The summed E-state index contributed by atoms with van der Waals surface area (Å²) in [5.41, 5.74) is 0.972. The summed E-state index contributed by atoms with van der Waals surface area (Å²) in [6.07, 6.45) is 4.93. The van der Waals surface area contributed by atoms with E-state index in [2.05, 4.69) is 4.72 Å². The lowest BCUT2D eigenvalue weighted by Crippen LogP contribution is -2.41. The number of hydrogen-bond donors (Lipinski definition) is 1. The quantitative estimate of drug-likeness (QED) is 0.646. The van der Waals surface area contributed by atoms with Crippen molar-refractivity contribution < 1.29 is 17.9 Å². The number of para-hydroxylation sites is 1. The molecule has 1 atom stereocenters. The molecule has 0 spiro atoms. The summed E-state index contributed by atoms with van der Waals surface area (Å²) >= 11 is 0. The van der Waals surface area contributed by atoms with E-state index in [9.17, 15) is 13.2 Å². The van der Waals surface area contributed by atoms with E-state index in [4.69, 9.17) is 4.74 Å². The first-order chi connectivity index (χ1) is 15.0. The Labute approximate surface area is 184 Å². The van der Waals surface area contributed by atoms with Gasteiger partial charge in [0.25, 0.3) is 0 Å². The van der Waals surface area contributed by atoms with Crippen LogP contribution in [0.3, 0.4) is 0 Å². The van der Waals surface area contributed by atoms with Gasteiger partial charge in [0.15, 0.2) is 0 Å². The SMILES string of the molecule is O=C(CCc1ccc(S(=O)(=O)NC2CC2)cc1)N1CCCC(COc2ccccc2)C1. The zero-order valence-corrected chi connectivity index (χ0v) is 18.5. The summed E-state index contributed by atoms with van der Waals surface area (Å²) in [6.45, 7) is 2.15. The number of amides is 1. The number of hydrogen-bond acceptors (Lipinski definition) is 4. The second-order valence-corrected chi connectivity index (χ2v) is 10.2. The second kappa shape index (κ2) is 9.83. The molecule has 6 nitrogen and oxygen atoms in total. The van der Waals surface area contributed by atoms with E-state index in [1.54, 1.807) is 24.3 Å². The van der Waals surface area contributed by atoms with Crippen LogP contribution in [0.15, 0.2) is 59.5 Å². The number of ether oxygens (including phenoxy) is 1. The van der Waals surface area contributed by atoms with E-state index >= 15 is 0 Å². The summed E-state index contributed by atoms with van der Waals surface area (Å²) in [5, 5.41) is 0. The molecule has 1 saturated carbocycles. The minimum absolute atomic E-state index is 0.0914. The maximum absolute atomic E-state index is 12.7. The molecule has 2 aromatic carbocycles. The molecule has 2 aromatic rings. The molecular formula is C24H30N2O4S. The molecule has 0 bridgehead atoms. The predicted molar refractivity (Wildman–Crippen MR) is 119 cm³/mol. The van der Waals surface area contributed by atoms with Gasteiger partial charge in [0.1, 0.15) is 5.75 Å². The van der Waals surface area contributed by atoms with Crippen molar-refractivity contribution in [1.29, 1.82) is 0 Å². The van der Waals surface area contributed by atoms with Crippen LogP contribution >= 0.6 is 0 Å². The van der Waals surface area contributed by atoms with Gasteiger partial charge in [-0.25, -0.2) is 13.1 Å². The van der Waals surface area contributed by atoms with E-state index in [1.807, 2.05) is 35.2 Å². The lowest BCUT2D eigenvalue weighted by molar-refractivity contribution is -0.133. The van der Waals surface area contributed by atoms with E-state index in [0.29, 0.717) is 25.4 Å². The van der Waals surface area contributed by atoms with Crippen molar-refractivity contribution in [3.8, 4) is 5.75 Å². The third-order valence-corrected chi connectivity index (χ3v) is 7.40. The zero-order chi connectivity index (χ0) is 21.7. The lowest BCUT2D eigenvalue weighted by atomic mass is 9.98. The number of rotatable bonds is 9. The predicted octanol–water partition coefficient (Wildman–Crippen LogP) is 3.38. The average Bonchev–Trinajstić information content (AvgIpc) is 3.60. The fourth-order valence-electron chi connectivity index (χ4n) is 3.89. The Bertz CT molecular complexity index is 972. The Morgan fingerprint density at radius 3 is 2.48 bits per heavy atom. The first kappa shape index (κ1) is 21.8. The fraction of sp³-hybridized carbons (Fsp3) is 0.458. The highest BCUT2D eigenvalue weighted by molar-refractivity contribution is 7.89. The standard InChI is InChI=1S/C24H30N2O4S/c27-24(26-16-4-5-20(17-26)18-30-22-6-2-1-3-7-22)15-10-19-8-13-23(14-9-19)31(28,29)25-21-11-12-21/h1-3,6-9,13-14,20-21,25H,4-5,10-12,15-18H2. The van der Waals surface area contributed by atoms with Crippen molar-refractivity contribution in [3.05, 3.63) is 60.2 Å². The highest BCUT2D eigenvalue weighted by Gasteiger charge is 2.28. The van der Waals surface area contributed by atoms with E-state index in [1.165, 1.54) is 0 Å². The van der Waals surface area contributed by atoms with Gasteiger partial charge in [0, 0.05) is 31.5 Å². The van der Waals surface area contributed by atoms with Gasteiger partial charge in [-0.3, -0.25) is 4.79 Å². The molecule has 1 amide bonds. The number of aryl methyl sites for hydroxylation is 1. The maximum Gasteiger partial charge on any atom is 0.240 e. The number of carbonyl (C=O) groups excluding carboxylic acids is 1. The molecule has 0 aromatic heterocycles. The van der Waals surface area contributed by atoms with Crippen LogP contribution in [-0.2, 0) is 21.2 Å². The van der Waals surface area contributed by atoms with E-state index in [0.717, 1.165) is 50.1 Å². The van der Waals surface area contributed by atoms with Gasteiger partial charge in [0.2, 0.25) is 15.9 Å². The largest absolute Gasteiger partial charge is 0.493 e. The van der Waals surface area contributed by atoms with Crippen molar-refractivity contribution in [1.82, 2.24) is 9.62 Å². The normalized spacial score (nSPS) is 19.2. The first-order valence-corrected chi connectivity index (χ1v) is 12.5. The molecule has 31 heavy (non-hydrogen) atoms. The van der Waals surface area contributed by atoms with Crippen LogP contribution in [0, 0.1) is 5.92 Å². The van der Waals surface area contributed by atoms with Gasteiger partial charge in [0.05, 0.1) is 11.5 Å². The number of sulfonamides is 1. The Hall–Kier alpha value is -2.38. The average molecular weight is 443 g/mol. The summed E-state index contributed by atoms with van der Waals surface area (Å²) in [4.78, 5) is 15.0. The van der Waals surface area contributed by atoms with Crippen molar-refractivity contribution >= 4 is 15.9 Å². The third-order valence-electron chi connectivity index (χ3n) is 5.86. The van der Waals surface area contributed by atoms with E-state index < -0.39 is 10.0 Å². The Morgan fingerprint density at radius 2 is 1.77 bits per heavy atom. The molecule has 1 heterocycles. The highest BCUT2D eigenvalue weighted by atomic mass is 32.2. The number of carbonyl (C=O) groups is 1. The number of nitrogens with one attached hydrogen (secondary N) is 1. The number of benzene rings is 2. The molecule has 1 N–H and O–H groups in total. The van der Waals surface area contributed by atoms with Gasteiger partial charge in [-0.15, -0.1) is 0 Å². The molecule has 1 aliphatic carbocycles. The summed E-state index contributed by atoms with van der Waals surface area (Å²) < 4.78 is 33.1. The molecule has 166 valence electrons. The molecular weight excluding hydrogens is 412 g/mol. The molecule has 1 unspecified atom stereocenters. The Morgan fingerprint density at radius 1 is 1.03 bits per heavy atom. The van der Waals surface area contributed by atoms with Crippen LogP contribution in [0.1, 0.15) is 37.7 Å².